The predicted octanol–water partition coefficient (Wildman–Crippen LogP) is -0.121. The third-order valence-electron chi connectivity index (χ3n) is 6.03. The molecule has 0 radical (unpaired) electrons. The maximum absolute atomic E-state index is 12.7. The lowest BCUT2D eigenvalue weighted by atomic mass is 9.94. The van der Waals surface area contributed by atoms with Crippen LogP contribution < -0.4 is 5.32 Å². The van der Waals surface area contributed by atoms with E-state index in [1.165, 1.54) is 0 Å². The van der Waals surface area contributed by atoms with Gasteiger partial charge in [-0.3, -0.25) is 4.79 Å². The Hall–Kier alpha value is -1.42. The monoisotopic (exact) mass is 412 g/mol. The number of aliphatic hydroxyl groups excluding tert-OH is 1. The highest BCUT2D eigenvalue weighted by Crippen LogP contribution is 2.28. The normalized spacial score (nSPS) is 31.6. The Morgan fingerprint density at radius 2 is 1.90 bits per heavy atom. The first kappa shape index (κ1) is 22.3. The molecular formula is C20H36N4O5. The Morgan fingerprint density at radius 1 is 1.14 bits per heavy atom. The standard InChI is InChI=1S/C20H36N4O5/c1-3-6-21-20(27)24-12-15(25)13-28-14-18-17(24)5-4-16(29-18)11-19(26)23-9-7-22(2)8-10-23/h15-18,25H,3-14H2,1-2H3,(H,21,27)/t15-,16+,17-,18+/m0/s1. The third kappa shape index (κ3) is 6.04. The fourth-order valence-corrected chi connectivity index (χ4v) is 4.29. The van der Waals surface area contributed by atoms with Crippen LogP contribution in [0.15, 0.2) is 0 Å². The summed E-state index contributed by atoms with van der Waals surface area (Å²) in [4.78, 5) is 31.2. The lowest BCUT2D eigenvalue weighted by Crippen LogP contribution is -2.59. The van der Waals surface area contributed by atoms with E-state index in [2.05, 4.69) is 17.3 Å². The average Bonchev–Trinajstić information content (AvgIpc) is 2.70. The highest BCUT2D eigenvalue weighted by atomic mass is 16.5. The zero-order chi connectivity index (χ0) is 20.8. The molecule has 0 saturated carbocycles. The molecule has 9 nitrogen and oxygen atoms in total. The Morgan fingerprint density at radius 3 is 2.62 bits per heavy atom. The fraction of sp³-hybridized carbons (Fsp3) is 0.900. The number of rotatable bonds is 4. The number of carbonyl (C=O) groups excluding carboxylic acids is 2. The number of carbonyl (C=O) groups is 2. The van der Waals surface area contributed by atoms with Crippen molar-refractivity contribution < 1.29 is 24.2 Å². The quantitative estimate of drug-likeness (QED) is 0.669. The van der Waals surface area contributed by atoms with E-state index in [1.54, 1.807) is 4.90 Å². The maximum atomic E-state index is 12.7. The zero-order valence-corrected chi connectivity index (χ0v) is 17.7. The van der Waals surface area contributed by atoms with E-state index in [4.69, 9.17) is 9.47 Å². The summed E-state index contributed by atoms with van der Waals surface area (Å²) in [7, 11) is 2.07. The fourth-order valence-electron chi connectivity index (χ4n) is 4.29. The van der Waals surface area contributed by atoms with Crippen LogP contribution in [-0.4, -0.2) is 116 Å². The molecule has 3 aliphatic rings. The van der Waals surface area contributed by atoms with Gasteiger partial charge in [0.2, 0.25) is 5.91 Å². The van der Waals surface area contributed by atoms with Crippen LogP contribution in [0.25, 0.3) is 0 Å². The van der Waals surface area contributed by atoms with Gasteiger partial charge in [-0.25, -0.2) is 4.79 Å². The number of aliphatic hydroxyl groups is 1. The molecule has 3 fully saturated rings. The smallest absolute Gasteiger partial charge is 0.317 e. The summed E-state index contributed by atoms with van der Waals surface area (Å²) in [6.45, 7) is 6.66. The van der Waals surface area contributed by atoms with Crippen molar-refractivity contribution in [3.05, 3.63) is 0 Å². The molecule has 0 unspecified atom stereocenters. The van der Waals surface area contributed by atoms with E-state index in [9.17, 15) is 14.7 Å². The average molecular weight is 413 g/mol. The second-order valence-electron chi connectivity index (χ2n) is 8.40. The van der Waals surface area contributed by atoms with Gasteiger partial charge in [0, 0.05) is 32.7 Å². The minimum atomic E-state index is -0.708. The second kappa shape index (κ2) is 10.6. The zero-order valence-electron chi connectivity index (χ0n) is 17.7. The number of amides is 3. The van der Waals surface area contributed by atoms with Crippen LogP contribution in [0.4, 0.5) is 4.79 Å². The van der Waals surface area contributed by atoms with Crippen molar-refractivity contribution >= 4 is 11.9 Å². The molecule has 3 aliphatic heterocycles. The number of fused-ring (bicyclic) bond motifs is 1. The van der Waals surface area contributed by atoms with E-state index in [0.29, 0.717) is 26.0 Å². The van der Waals surface area contributed by atoms with Gasteiger partial charge in [0.1, 0.15) is 6.10 Å². The maximum Gasteiger partial charge on any atom is 0.317 e. The van der Waals surface area contributed by atoms with Crippen LogP contribution in [-0.2, 0) is 14.3 Å². The topological polar surface area (TPSA) is 94.6 Å². The molecule has 9 heteroatoms. The molecule has 3 saturated heterocycles. The number of urea groups is 1. The Balaban J connectivity index is 1.58. The minimum Gasteiger partial charge on any atom is -0.389 e. The van der Waals surface area contributed by atoms with Gasteiger partial charge in [-0.15, -0.1) is 0 Å². The summed E-state index contributed by atoms with van der Waals surface area (Å²) in [5.74, 6) is 0.140. The molecule has 0 aromatic carbocycles. The van der Waals surface area contributed by atoms with Crippen molar-refractivity contribution in [1.82, 2.24) is 20.0 Å². The first-order chi connectivity index (χ1) is 14.0. The summed E-state index contributed by atoms with van der Waals surface area (Å²) in [6.07, 6.45) is 1.53. The molecule has 0 aromatic heterocycles. The highest BCUT2D eigenvalue weighted by molar-refractivity contribution is 5.77. The number of hydrogen-bond donors (Lipinski definition) is 2. The molecule has 0 aromatic rings. The van der Waals surface area contributed by atoms with E-state index in [0.717, 1.165) is 39.0 Å². The number of piperazine rings is 1. The van der Waals surface area contributed by atoms with Gasteiger partial charge in [-0.1, -0.05) is 6.92 Å². The van der Waals surface area contributed by atoms with Crippen molar-refractivity contribution in [3.63, 3.8) is 0 Å². The minimum absolute atomic E-state index is 0.140. The Kier molecular flexibility index (Phi) is 8.11. The number of nitrogens with zero attached hydrogens (tertiary/aromatic N) is 3. The number of nitrogens with one attached hydrogen (secondary N) is 1. The largest absolute Gasteiger partial charge is 0.389 e. The molecule has 0 bridgehead atoms. The Bertz CT molecular complexity index is 555. The molecule has 0 spiro atoms. The molecule has 3 amide bonds. The summed E-state index contributed by atoms with van der Waals surface area (Å²) in [6, 6.07) is -0.324. The number of hydrogen-bond acceptors (Lipinski definition) is 6. The van der Waals surface area contributed by atoms with Crippen molar-refractivity contribution in [3.8, 4) is 0 Å². The van der Waals surface area contributed by atoms with Gasteiger partial charge in [0.15, 0.2) is 0 Å². The molecule has 3 rings (SSSR count). The molecule has 3 heterocycles. The van der Waals surface area contributed by atoms with Crippen LogP contribution in [0.5, 0.6) is 0 Å². The lowest BCUT2D eigenvalue weighted by Gasteiger charge is -2.44. The highest BCUT2D eigenvalue weighted by Gasteiger charge is 2.40. The summed E-state index contributed by atoms with van der Waals surface area (Å²) >= 11 is 0. The third-order valence-corrected chi connectivity index (χ3v) is 6.03. The molecule has 29 heavy (non-hydrogen) atoms. The SMILES string of the molecule is CCCNC(=O)N1C[C@H](O)COC[C@H]2O[C@@H](CC(=O)N3CCN(C)CC3)CC[C@@H]21. The van der Waals surface area contributed by atoms with Crippen LogP contribution in [0.1, 0.15) is 32.6 Å². The molecule has 2 N–H and O–H groups in total. The molecule has 166 valence electrons. The second-order valence-corrected chi connectivity index (χ2v) is 8.40. The molecular weight excluding hydrogens is 376 g/mol. The summed E-state index contributed by atoms with van der Waals surface area (Å²) in [5, 5.41) is 13.1. The summed E-state index contributed by atoms with van der Waals surface area (Å²) in [5.41, 5.74) is 0. The van der Waals surface area contributed by atoms with Crippen LogP contribution in [0, 0.1) is 0 Å². The Labute approximate surface area is 173 Å². The molecule has 0 aliphatic carbocycles. The first-order valence-electron chi connectivity index (χ1n) is 10.9. The van der Waals surface area contributed by atoms with Gasteiger partial charge in [-0.05, 0) is 26.3 Å². The number of likely N-dealkylation sites (N-methyl/N-ethyl adjacent to an activating group) is 1. The van der Waals surface area contributed by atoms with Crippen LogP contribution >= 0.6 is 0 Å². The lowest BCUT2D eigenvalue weighted by molar-refractivity contribution is -0.155. The number of ether oxygens (including phenoxy) is 2. The van der Waals surface area contributed by atoms with Crippen molar-refractivity contribution in [1.29, 1.82) is 0 Å². The van der Waals surface area contributed by atoms with Gasteiger partial charge in [0.25, 0.3) is 0 Å². The van der Waals surface area contributed by atoms with E-state index >= 15 is 0 Å². The van der Waals surface area contributed by atoms with Gasteiger partial charge >= 0.3 is 6.03 Å². The first-order valence-corrected chi connectivity index (χ1v) is 10.9. The van der Waals surface area contributed by atoms with Gasteiger partial charge in [-0.2, -0.15) is 0 Å². The van der Waals surface area contributed by atoms with E-state index in [1.807, 2.05) is 11.8 Å². The van der Waals surface area contributed by atoms with Gasteiger partial charge in [0.05, 0.1) is 44.4 Å². The van der Waals surface area contributed by atoms with E-state index < -0.39 is 6.10 Å². The van der Waals surface area contributed by atoms with Crippen LogP contribution in [0.3, 0.4) is 0 Å². The van der Waals surface area contributed by atoms with E-state index in [-0.39, 0.29) is 43.3 Å². The molecule has 4 atom stereocenters. The summed E-state index contributed by atoms with van der Waals surface area (Å²) < 4.78 is 11.9. The van der Waals surface area contributed by atoms with Crippen LogP contribution in [0.2, 0.25) is 0 Å². The van der Waals surface area contributed by atoms with Crippen molar-refractivity contribution in [2.75, 3.05) is 59.5 Å². The van der Waals surface area contributed by atoms with Gasteiger partial charge < -0.3 is 34.6 Å². The van der Waals surface area contributed by atoms with Crippen molar-refractivity contribution in [2.24, 2.45) is 0 Å². The predicted molar refractivity (Wildman–Crippen MR) is 108 cm³/mol. The van der Waals surface area contributed by atoms with Crippen molar-refractivity contribution in [2.45, 2.75) is 57.0 Å². The number of β-amino-alcohol motifs (C(OH)–C–C–N with tert-alkyl or cyclic N) is 1.